The maximum absolute atomic E-state index is 13.5. The van der Waals surface area contributed by atoms with Gasteiger partial charge in [0.25, 0.3) is 5.91 Å². The van der Waals surface area contributed by atoms with Crippen molar-refractivity contribution < 1.29 is 9.59 Å². The molecular weight excluding hydrogens is 598 g/mol. The van der Waals surface area contributed by atoms with Crippen molar-refractivity contribution in [3.8, 4) is 11.1 Å². The van der Waals surface area contributed by atoms with Gasteiger partial charge in [-0.15, -0.1) is 0 Å². The number of anilines is 1. The van der Waals surface area contributed by atoms with E-state index >= 15 is 0 Å². The first-order valence-corrected chi connectivity index (χ1v) is 16.9. The SMILES string of the molecule is CN1CCN(c2c(C(N)=O)c(-c3cccc4ccccc34)cn2C(CC2CCN(C(=O)C=Cc3ccccc3)CC2)c2cnc[nH]2)CC1. The summed E-state index contributed by atoms with van der Waals surface area (Å²) in [5.74, 6) is 0.874. The van der Waals surface area contributed by atoms with Crippen LogP contribution in [0.5, 0.6) is 0 Å². The van der Waals surface area contributed by atoms with Gasteiger partial charge in [0, 0.05) is 57.1 Å². The maximum Gasteiger partial charge on any atom is 0.253 e. The highest BCUT2D eigenvalue weighted by atomic mass is 16.2. The third-order valence-electron chi connectivity index (χ3n) is 10.0. The minimum absolute atomic E-state index is 0.0519. The molecule has 0 radical (unpaired) electrons. The van der Waals surface area contributed by atoms with Gasteiger partial charge < -0.3 is 30.0 Å². The molecule has 0 aliphatic carbocycles. The number of carbonyl (C=O) groups is 2. The first kappa shape index (κ1) is 31.4. The highest BCUT2D eigenvalue weighted by molar-refractivity contribution is 6.09. The molecule has 2 aliphatic heterocycles. The molecule has 0 bridgehead atoms. The van der Waals surface area contributed by atoms with E-state index in [4.69, 9.17) is 5.73 Å². The first-order chi connectivity index (χ1) is 23.5. The summed E-state index contributed by atoms with van der Waals surface area (Å²) in [5, 5.41) is 2.20. The summed E-state index contributed by atoms with van der Waals surface area (Å²) in [6.45, 7) is 4.80. The second-order valence-corrected chi connectivity index (χ2v) is 13.1. The number of benzene rings is 3. The van der Waals surface area contributed by atoms with Gasteiger partial charge in [0.05, 0.1) is 29.8 Å². The van der Waals surface area contributed by atoms with E-state index in [0.717, 1.165) is 84.4 Å². The highest BCUT2D eigenvalue weighted by Gasteiger charge is 2.33. The largest absolute Gasteiger partial charge is 0.365 e. The van der Waals surface area contributed by atoms with Crippen molar-refractivity contribution in [2.45, 2.75) is 25.3 Å². The molecule has 9 nitrogen and oxygen atoms in total. The molecule has 48 heavy (non-hydrogen) atoms. The molecule has 246 valence electrons. The van der Waals surface area contributed by atoms with Crippen LogP contribution in [0.3, 0.4) is 0 Å². The number of piperidine rings is 1. The molecule has 2 amide bonds. The van der Waals surface area contributed by atoms with Crippen LogP contribution in [0, 0.1) is 5.92 Å². The number of hydrogen-bond acceptors (Lipinski definition) is 5. The van der Waals surface area contributed by atoms with Crippen molar-refractivity contribution in [2.75, 3.05) is 51.2 Å². The fourth-order valence-electron chi connectivity index (χ4n) is 7.38. The van der Waals surface area contributed by atoms with E-state index in [1.54, 1.807) is 12.4 Å². The van der Waals surface area contributed by atoms with Gasteiger partial charge in [-0.25, -0.2) is 4.98 Å². The molecule has 2 aromatic heterocycles. The molecule has 2 aliphatic rings. The number of nitrogens with two attached hydrogens (primary N) is 1. The molecule has 4 heterocycles. The monoisotopic (exact) mass is 641 g/mol. The van der Waals surface area contributed by atoms with E-state index in [2.05, 4.69) is 61.8 Å². The molecule has 7 rings (SSSR count). The Balaban J connectivity index is 1.23. The van der Waals surface area contributed by atoms with Gasteiger partial charge in [0.15, 0.2) is 0 Å². The van der Waals surface area contributed by atoms with Crippen LogP contribution in [0.15, 0.2) is 97.6 Å². The number of carbonyl (C=O) groups excluding carboxylic acids is 2. The number of fused-ring (bicyclic) bond motifs is 1. The van der Waals surface area contributed by atoms with Crippen molar-refractivity contribution in [3.05, 3.63) is 114 Å². The van der Waals surface area contributed by atoms with E-state index in [0.29, 0.717) is 24.6 Å². The van der Waals surface area contributed by atoms with Crippen molar-refractivity contribution in [1.29, 1.82) is 0 Å². The zero-order valence-electron chi connectivity index (χ0n) is 27.5. The number of primary amides is 1. The van der Waals surface area contributed by atoms with Gasteiger partial charge in [-0.2, -0.15) is 0 Å². The molecule has 2 saturated heterocycles. The Kier molecular flexibility index (Phi) is 9.12. The summed E-state index contributed by atoms with van der Waals surface area (Å²) in [5.41, 5.74) is 10.7. The number of rotatable bonds is 9. The third kappa shape index (κ3) is 6.51. The minimum atomic E-state index is -0.427. The van der Waals surface area contributed by atoms with Crippen molar-refractivity contribution in [1.82, 2.24) is 24.3 Å². The Morgan fingerprint density at radius 2 is 1.65 bits per heavy atom. The minimum Gasteiger partial charge on any atom is -0.365 e. The number of imidazole rings is 1. The molecule has 1 unspecified atom stereocenters. The number of piperazine rings is 1. The van der Waals surface area contributed by atoms with Gasteiger partial charge in [-0.1, -0.05) is 72.8 Å². The molecule has 1 atom stereocenters. The van der Waals surface area contributed by atoms with Crippen LogP contribution in [0.25, 0.3) is 28.0 Å². The molecular formula is C39H43N7O2. The standard InChI is InChI=1S/C39H43N7O2/c1-43-20-22-45(23-21-43)39-37(38(40)48)33(32-13-7-11-30-10-5-6-12-31(30)32)26-46(39)35(34-25-41-27-42-34)24-29-16-18-44(19-17-29)36(47)15-14-28-8-3-2-4-9-28/h2-15,25-27,29,35H,16-24H2,1H3,(H2,40,48)(H,41,42). The summed E-state index contributed by atoms with van der Waals surface area (Å²) in [4.78, 5) is 41.0. The van der Waals surface area contributed by atoms with E-state index in [1.165, 1.54) is 0 Å². The number of H-pyrrole nitrogens is 1. The Labute approximate surface area is 281 Å². The van der Waals surface area contributed by atoms with Crippen LogP contribution >= 0.6 is 0 Å². The number of nitrogens with one attached hydrogen (secondary N) is 1. The van der Waals surface area contributed by atoms with Crippen LogP contribution < -0.4 is 10.6 Å². The summed E-state index contributed by atoms with van der Waals surface area (Å²) in [7, 11) is 2.13. The quantitative estimate of drug-likeness (QED) is 0.198. The highest BCUT2D eigenvalue weighted by Crippen LogP contribution is 2.42. The van der Waals surface area contributed by atoms with Crippen LogP contribution in [-0.2, 0) is 4.79 Å². The van der Waals surface area contributed by atoms with Crippen LogP contribution in [0.4, 0.5) is 5.82 Å². The van der Waals surface area contributed by atoms with Gasteiger partial charge >= 0.3 is 0 Å². The van der Waals surface area contributed by atoms with Gasteiger partial charge in [0.2, 0.25) is 5.91 Å². The maximum atomic E-state index is 13.5. The van der Waals surface area contributed by atoms with E-state index in [9.17, 15) is 9.59 Å². The lowest BCUT2D eigenvalue weighted by Crippen LogP contribution is -2.46. The van der Waals surface area contributed by atoms with Gasteiger partial charge in [-0.05, 0) is 60.2 Å². The number of amides is 2. The van der Waals surface area contributed by atoms with Gasteiger partial charge in [0.1, 0.15) is 5.82 Å². The Morgan fingerprint density at radius 3 is 2.38 bits per heavy atom. The Bertz CT molecular complexity index is 1890. The zero-order valence-corrected chi connectivity index (χ0v) is 27.5. The molecule has 0 saturated carbocycles. The zero-order chi connectivity index (χ0) is 33.0. The smallest absolute Gasteiger partial charge is 0.253 e. The molecule has 3 N–H and O–H groups in total. The number of likely N-dealkylation sites (tertiary alicyclic amines) is 1. The summed E-state index contributed by atoms with van der Waals surface area (Å²) >= 11 is 0. The van der Waals surface area contributed by atoms with Crippen LogP contribution in [0.1, 0.15) is 46.9 Å². The summed E-state index contributed by atoms with van der Waals surface area (Å²) in [6.07, 6.45) is 12.0. The van der Waals surface area contributed by atoms with E-state index in [-0.39, 0.29) is 11.9 Å². The van der Waals surface area contributed by atoms with E-state index < -0.39 is 5.91 Å². The predicted molar refractivity (Wildman–Crippen MR) is 192 cm³/mol. The second kappa shape index (κ2) is 13.9. The number of nitrogens with zero attached hydrogens (tertiary/aromatic N) is 5. The normalized spacial score (nSPS) is 16.9. The van der Waals surface area contributed by atoms with Gasteiger partial charge in [-0.3, -0.25) is 9.59 Å². The number of aromatic nitrogens is 3. The number of aromatic amines is 1. The second-order valence-electron chi connectivity index (χ2n) is 13.1. The lowest BCUT2D eigenvalue weighted by Gasteiger charge is -2.37. The number of hydrogen-bond donors (Lipinski definition) is 2. The average Bonchev–Trinajstić information content (AvgIpc) is 3.80. The summed E-state index contributed by atoms with van der Waals surface area (Å²) < 4.78 is 2.29. The molecule has 5 aromatic rings. The Hall–Kier alpha value is -5.15. The fraction of sp³-hybridized carbons (Fsp3) is 0.308. The van der Waals surface area contributed by atoms with Crippen molar-refractivity contribution >= 4 is 34.5 Å². The molecule has 2 fully saturated rings. The topological polar surface area (TPSA) is 103 Å². The first-order valence-electron chi connectivity index (χ1n) is 16.9. The molecule has 3 aromatic carbocycles. The lowest BCUT2D eigenvalue weighted by atomic mass is 9.89. The third-order valence-corrected chi connectivity index (χ3v) is 10.0. The van der Waals surface area contributed by atoms with Crippen molar-refractivity contribution in [2.24, 2.45) is 11.7 Å². The Morgan fingerprint density at radius 1 is 0.917 bits per heavy atom. The average molecular weight is 642 g/mol. The lowest BCUT2D eigenvalue weighted by molar-refractivity contribution is -0.127. The fourth-order valence-corrected chi connectivity index (χ4v) is 7.38. The molecule has 0 spiro atoms. The predicted octanol–water partition coefficient (Wildman–Crippen LogP) is 5.81. The van der Waals surface area contributed by atoms with E-state index in [1.807, 2.05) is 65.7 Å². The summed E-state index contributed by atoms with van der Waals surface area (Å²) in [6, 6.07) is 24.3. The van der Waals surface area contributed by atoms with Crippen LogP contribution in [0.2, 0.25) is 0 Å². The molecule has 9 heteroatoms. The van der Waals surface area contributed by atoms with Crippen LogP contribution in [-0.4, -0.2) is 82.5 Å². The van der Waals surface area contributed by atoms with Crippen molar-refractivity contribution in [3.63, 3.8) is 0 Å². The number of likely N-dealkylation sites (N-methyl/N-ethyl adjacent to an activating group) is 1.